The van der Waals surface area contributed by atoms with Crippen LogP contribution < -0.4 is 26.0 Å². The molecule has 0 bridgehead atoms. The number of aryl methyl sites for hydroxylation is 2. The van der Waals surface area contributed by atoms with Gasteiger partial charge < -0.3 is 24.2 Å². The average Bonchev–Trinajstić information content (AvgIpc) is 3.38. The van der Waals surface area contributed by atoms with Crippen molar-refractivity contribution in [3.8, 4) is 11.5 Å². The second kappa shape index (κ2) is 9.08. The van der Waals surface area contributed by atoms with Gasteiger partial charge in [-0.05, 0) is 31.0 Å². The third-order valence-electron chi connectivity index (χ3n) is 4.55. The molecule has 4 rings (SSSR count). The number of nitrogens with one attached hydrogen (secondary N) is 3. The molecule has 1 aliphatic rings. The van der Waals surface area contributed by atoms with Crippen LogP contribution in [0.1, 0.15) is 22.7 Å². The average molecular weight is 445 g/mol. The zero-order valence-electron chi connectivity index (χ0n) is 16.5. The van der Waals surface area contributed by atoms with E-state index >= 15 is 0 Å². The monoisotopic (exact) mass is 445 g/mol. The molecule has 0 saturated carbocycles. The number of carbonyl (C=O) groups is 1. The summed E-state index contributed by atoms with van der Waals surface area (Å²) < 4.78 is 16.1. The van der Waals surface area contributed by atoms with Crippen molar-refractivity contribution in [2.75, 3.05) is 12.5 Å². The van der Waals surface area contributed by atoms with E-state index in [1.807, 2.05) is 12.1 Å². The number of thioether (sulfide) groups is 1. The molecular weight excluding hydrogens is 426 g/mol. The van der Waals surface area contributed by atoms with E-state index in [1.54, 1.807) is 13.0 Å². The minimum atomic E-state index is -0.542. The number of H-pyrrole nitrogens is 2. The Balaban J connectivity index is 1.24. The van der Waals surface area contributed by atoms with Gasteiger partial charge in [-0.2, -0.15) is 0 Å². The van der Waals surface area contributed by atoms with Crippen molar-refractivity contribution in [2.45, 2.75) is 31.5 Å². The van der Waals surface area contributed by atoms with Crippen molar-refractivity contribution in [3.63, 3.8) is 0 Å². The maximum atomic E-state index is 12.1. The minimum absolute atomic E-state index is 0.116. The Bertz CT molecular complexity index is 1220. The number of rotatable bonds is 8. The van der Waals surface area contributed by atoms with Crippen LogP contribution in [0.3, 0.4) is 0 Å². The van der Waals surface area contributed by atoms with Crippen LogP contribution in [0.4, 0.5) is 0 Å². The van der Waals surface area contributed by atoms with Crippen molar-refractivity contribution in [1.29, 1.82) is 0 Å². The predicted octanol–water partition coefficient (Wildman–Crippen LogP) is 0.677. The second-order valence-electron chi connectivity index (χ2n) is 6.73. The van der Waals surface area contributed by atoms with Crippen LogP contribution in [0.5, 0.6) is 11.5 Å². The summed E-state index contributed by atoms with van der Waals surface area (Å²) >= 11 is 1.12. The lowest BCUT2D eigenvalue weighted by Crippen LogP contribution is -2.27. The van der Waals surface area contributed by atoms with Gasteiger partial charge in [0, 0.05) is 24.2 Å². The SMILES string of the molecule is Cc1[nH]c(=O)[nH]c(=O)c1CCc1nnc(SCC(=O)NCc2ccc3c(c2)OCO3)o1. The van der Waals surface area contributed by atoms with Crippen LogP contribution in [0.2, 0.25) is 0 Å². The van der Waals surface area contributed by atoms with Gasteiger partial charge in [0.1, 0.15) is 0 Å². The molecule has 2 aromatic heterocycles. The van der Waals surface area contributed by atoms with Gasteiger partial charge in [-0.25, -0.2) is 4.79 Å². The number of benzene rings is 1. The first kappa shape index (κ1) is 20.7. The maximum Gasteiger partial charge on any atom is 0.325 e. The summed E-state index contributed by atoms with van der Waals surface area (Å²) in [6.45, 7) is 2.22. The number of ether oxygens (including phenoxy) is 2. The van der Waals surface area contributed by atoms with Crippen LogP contribution in [-0.2, 0) is 24.2 Å². The van der Waals surface area contributed by atoms with E-state index in [2.05, 4.69) is 25.5 Å². The lowest BCUT2D eigenvalue weighted by atomic mass is 10.1. The summed E-state index contributed by atoms with van der Waals surface area (Å²) in [6.07, 6.45) is 0.667. The predicted molar refractivity (Wildman–Crippen MR) is 109 cm³/mol. The van der Waals surface area contributed by atoms with E-state index in [9.17, 15) is 14.4 Å². The third kappa shape index (κ3) is 5.15. The van der Waals surface area contributed by atoms with E-state index in [1.165, 1.54) is 0 Å². The number of carbonyl (C=O) groups excluding carboxylic acids is 1. The Morgan fingerprint density at radius 1 is 1.16 bits per heavy atom. The highest BCUT2D eigenvalue weighted by Crippen LogP contribution is 2.32. The molecular formula is C19H19N5O6S. The summed E-state index contributed by atoms with van der Waals surface area (Å²) in [4.78, 5) is 40.0. The van der Waals surface area contributed by atoms with Gasteiger partial charge in [0.25, 0.3) is 10.8 Å². The molecule has 12 heteroatoms. The van der Waals surface area contributed by atoms with Crippen molar-refractivity contribution < 1.29 is 18.7 Å². The highest BCUT2D eigenvalue weighted by Gasteiger charge is 2.14. The third-order valence-corrected chi connectivity index (χ3v) is 5.36. The van der Waals surface area contributed by atoms with E-state index in [4.69, 9.17) is 13.9 Å². The Morgan fingerprint density at radius 3 is 2.84 bits per heavy atom. The molecule has 3 N–H and O–H groups in total. The molecule has 3 aromatic rings. The number of amides is 1. The zero-order valence-corrected chi connectivity index (χ0v) is 17.3. The molecule has 1 amide bonds. The fraction of sp³-hybridized carbons (Fsp3) is 0.316. The summed E-state index contributed by atoms with van der Waals surface area (Å²) in [5, 5.41) is 10.9. The van der Waals surface area contributed by atoms with Crippen LogP contribution in [0.15, 0.2) is 37.4 Å². The number of aromatic nitrogens is 4. The molecule has 0 atom stereocenters. The largest absolute Gasteiger partial charge is 0.454 e. The van der Waals surface area contributed by atoms with Crippen LogP contribution in [0.25, 0.3) is 0 Å². The van der Waals surface area contributed by atoms with Crippen LogP contribution >= 0.6 is 11.8 Å². The van der Waals surface area contributed by atoms with Gasteiger partial charge in [-0.1, -0.05) is 17.8 Å². The van der Waals surface area contributed by atoms with Crippen LogP contribution in [0, 0.1) is 6.92 Å². The molecule has 31 heavy (non-hydrogen) atoms. The van der Waals surface area contributed by atoms with Gasteiger partial charge in [-0.15, -0.1) is 10.2 Å². The number of hydrogen-bond donors (Lipinski definition) is 3. The normalized spacial score (nSPS) is 12.2. The Hall–Kier alpha value is -3.54. The fourth-order valence-corrected chi connectivity index (χ4v) is 3.60. The molecule has 0 saturated heterocycles. The van der Waals surface area contributed by atoms with E-state index < -0.39 is 11.2 Å². The topological polar surface area (TPSA) is 152 Å². The van der Waals surface area contributed by atoms with Crippen molar-refractivity contribution >= 4 is 17.7 Å². The molecule has 0 aliphatic carbocycles. The number of hydrogen-bond acceptors (Lipinski definition) is 9. The molecule has 1 aromatic carbocycles. The number of aromatic amines is 2. The quantitative estimate of drug-likeness (QED) is 0.425. The Labute approximate surface area is 179 Å². The number of fused-ring (bicyclic) bond motifs is 1. The highest BCUT2D eigenvalue weighted by atomic mass is 32.2. The minimum Gasteiger partial charge on any atom is -0.454 e. The van der Waals surface area contributed by atoms with Gasteiger partial charge in [0.2, 0.25) is 18.6 Å². The van der Waals surface area contributed by atoms with E-state index in [0.717, 1.165) is 17.3 Å². The number of nitrogens with zero attached hydrogens (tertiary/aromatic N) is 2. The molecule has 11 nitrogen and oxygen atoms in total. The summed E-state index contributed by atoms with van der Waals surface area (Å²) in [6, 6.07) is 5.50. The van der Waals surface area contributed by atoms with E-state index in [-0.39, 0.29) is 23.7 Å². The molecule has 0 radical (unpaired) electrons. The fourth-order valence-electron chi connectivity index (χ4n) is 2.99. The summed E-state index contributed by atoms with van der Waals surface area (Å²) in [7, 11) is 0. The summed E-state index contributed by atoms with van der Waals surface area (Å²) in [5.41, 5.74) is 0.876. The molecule has 1 aliphatic heterocycles. The van der Waals surface area contributed by atoms with Crippen LogP contribution in [-0.4, -0.2) is 38.6 Å². The second-order valence-corrected chi connectivity index (χ2v) is 7.65. The first-order valence-electron chi connectivity index (χ1n) is 9.40. The van der Waals surface area contributed by atoms with Gasteiger partial charge in [0.05, 0.1) is 5.75 Å². The van der Waals surface area contributed by atoms with Gasteiger partial charge in [-0.3, -0.25) is 14.6 Å². The summed E-state index contributed by atoms with van der Waals surface area (Å²) in [5.74, 6) is 1.63. The lowest BCUT2D eigenvalue weighted by Gasteiger charge is -2.05. The maximum absolute atomic E-state index is 12.1. The zero-order chi connectivity index (χ0) is 21.8. The first-order valence-corrected chi connectivity index (χ1v) is 10.4. The molecule has 0 fully saturated rings. The molecule has 3 heterocycles. The van der Waals surface area contributed by atoms with E-state index in [0.29, 0.717) is 48.0 Å². The molecule has 0 spiro atoms. The molecule has 0 unspecified atom stereocenters. The Kier molecular flexibility index (Phi) is 6.07. The van der Waals surface area contributed by atoms with Crippen molar-refractivity contribution in [2.24, 2.45) is 0 Å². The molecule has 162 valence electrons. The standard InChI is InChI=1S/C19H19N5O6S/c1-10-12(17(26)22-18(27)21-10)3-5-16-23-24-19(30-16)31-8-15(25)20-7-11-2-4-13-14(6-11)29-9-28-13/h2,4,6H,3,5,7-9H2,1H3,(H,20,25)(H2,21,22,26,27). The Morgan fingerprint density at radius 2 is 2.00 bits per heavy atom. The van der Waals surface area contributed by atoms with Gasteiger partial charge in [0.15, 0.2) is 11.5 Å². The van der Waals surface area contributed by atoms with Gasteiger partial charge >= 0.3 is 5.69 Å². The van der Waals surface area contributed by atoms with Crippen molar-refractivity contribution in [1.82, 2.24) is 25.5 Å². The van der Waals surface area contributed by atoms with Crippen molar-refractivity contribution in [3.05, 3.63) is 61.7 Å². The first-order chi connectivity index (χ1) is 15.0. The highest BCUT2D eigenvalue weighted by molar-refractivity contribution is 7.99. The smallest absolute Gasteiger partial charge is 0.325 e. The lowest BCUT2D eigenvalue weighted by molar-refractivity contribution is -0.118.